The van der Waals surface area contributed by atoms with Gasteiger partial charge in [-0.3, -0.25) is 0 Å². The lowest BCUT2D eigenvalue weighted by atomic mass is 10.1. The van der Waals surface area contributed by atoms with Gasteiger partial charge in [-0.05, 0) is 30.2 Å². The van der Waals surface area contributed by atoms with Gasteiger partial charge in [0.05, 0.1) is 13.7 Å². The van der Waals surface area contributed by atoms with E-state index in [0.717, 1.165) is 16.7 Å². The molecule has 0 aliphatic heterocycles. The fourth-order valence-corrected chi connectivity index (χ4v) is 1.13. The van der Waals surface area contributed by atoms with Gasteiger partial charge in [0.2, 0.25) is 0 Å². The largest absolute Gasteiger partial charge is 0.459 e. The van der Waals surface area contributed by atoms with Crippen molar-refractivity contribution >= 4 is 5.97 Å². The Balaban J connectivity index is 2.92. The van der Waals surface area contributed by atoms with E-state index >= 15 is 0 Å². The van der Waals surface area contributed by atoms with E-state index in [1.54, 1.807) is 12.1 Å². The van der Waals surface area contributed by atoms with E-state index in [1.165, 1.54) is 7.11 Å². The van der Waals surface area contributed by atoms with Gasteiger partial charge in [-0.25, -0.2) is 4.79 Å². The molecule has 1 N–H and O–H groups in total. The Hall–Kier alpha value is -1.79. The van der Waals surface area contributed by atoms with Gasteiger partial charge in [-0.1, -0.05) is 12.0 Å². The van der Waals surface area contributed by atoms with Gasteiger partial charge < -0.3 is 9.84 Å². The molecule has 0 saturated heterocycles. The molecule has 0 fully saturated rings. The number of methoxy groups -OCH3 is 1. The Kier molecular flexibility index (Phi) is 3.90. The smallest absolute Gasteiger partial charge is 0.384 e. The number of aryl methyl sites for hydroxylation is 1. The van der Waals surface area contributed by atoms with Gasteiger partial charge in [0, 0.05) is 11.5 Å². The number of aliphatic hydroxyl groups excluding tert-OH is 1. The van der Waals surface area contributed by atoms with Crippen molar-refractivity contribution in [2.75, 3.05) is 7.11 Å². The molecule has 15 heavy (non-hydrogen) atoms. The number of ether oxygens (including phenoxy) is 1. The summed E-state index contributed by atoms with van der Waals surface area (Å²) >= 11 is 0. The zero-order valence-corrected chi connectivity index (χ0v) is 8.70. The number of hydrogen-bond donors (Lipinski definition) is 1. The maximum atomic E-state index is 10.8. The average Bonchev–Trinajstić information content (AvgIpc) is 2.26. The number of carbonyl (C=O) groups excluding carboxylic acids is 1. The fourth-order valence-electron chi connectivity index (χ4n) is 1.13. The highest BCUT2D eigenvalue weighted by molar-refractivity contribution is 5.89. The molecule has 0 amide bonds. The molecule has 0 heterocycles. The first kappa shape index (κ1) is 11.3. The first-order chi connectivity index (χ1) is 7.17. The number of benzene rings is 1. The first-order valence-corrected chi connectivity index (χ1v) is 4.47. The van der Waals surface area contributed by atoms with Gasteiger partial charge in [0.25, 0.3) is 0 Å². The molecule has 0 spiro atoms. The quantitative estimate of drug-likeness (QED) is 0.548. The van der Waals surface area contributed by atoms with E-state index in [9.17, 15) is 4.79 Å². The van der Waals surface area contributed by atoms with Crippen molar-refractivity contribution in [1.29, 1.82) is 0 Å². The number of rotatable bonds is 1. The lowest BCUT2D eigenvalue weighted by Crippen LogP contribution is -1.95. The molecule has 1 rings (SSSR count). The van der Waals surface area contributed by atoms with Crippen LogP contribution in [0.25, 0.3) is 0 Å². The van der Waals surface area contributed by atoms with Crippen molar-refractivity contribution in [2.24, 2.45) is 0 Å². The maximum absolute atomic E-state index is 10.8. The Bertz CT molecular complexity index is 424. The van der Waals surface area contributed by atoms with Crippen LogP contribution in [0.2, 0.25) is 0 Å². The van der Waals surface area contributed by atoms with Crippen molar-refractivity contribution in [1.82, 2.24) is 0 Å². The monoisotopic (exact) mass is 204 g/mol. The second kappa shape index (κ2) is 5.18. The molecule has 0 radical (unpaired) electrons. The topological polar surface area (TPSA) is 46.5 Å². The molecule has 0 bridgehead atoms. The summed E-state index contributed by atoms with van der Waals surface area (Å²) in [6, 6.07) is 5.37. The summed E-state index contributed by atoms with van der Waals surface area (Å²) < 4.78 is 4.39. The van der Waals surface area contributed by atoms with Crippen LogP contribution in [0.15, 0.2) is 18.2 Å². The highest BCUT2D eigenvalue weighted by Crippen LogP contribution is 2.09. The molecule has 0 unspecified atom stereocenters. The lowest BCUT2D eigenvalue weighted by Gasteiger charge is -2.01. The summed E-state index contributed by atoms with van der Waals surface area (Å²) in [5.74, 6) is 4.46. The summed E-state index contributed by atoms with van der Waals surface area (Å²) in [4.78, 5) is 10.8. The number of aliphatic hydroxyl groups is 1. The van der Waals surface area contributed by atoms with Crippen LogP contribution in [0, 0.1) is 18.8 Å². The van der Waals surface area contributed by atoms with Crippen LogP contribution in [0.4, 0.5) is 0 Å². The Morgan fingerprint density at radius 2 is 2.27 bits per heavy atom. The van der Waals surface area contributed by atoms with Gasteiger partial charge in [0.1, 0.15) is 0 Å². The molecular weight excluding hydrogens is 192 g/mol. The van der Waals surface area contributed by atoms with Crippen LogP contribution in [-0.2, 0) is 16.1 Å². The van der Waals surface area contributed by atoms with Gasteiger partial charge >= 0.3 is 5.97 Å². The van der Waals surface area contributed by atoms with Crippen LogP contribution in [0.3, 0.4) is 0 Å². The predicted octanol–water partition coefficient (Wildman–Crippen LogP) is 1.01. The van der Waals surface area contributed by atoms with Crippen molar-refractivity contribution in [3.63, 3.8) is 0 Å². The van der Waals surface area contributed by atoms with Crippen LogP contribution < -0.4 is 0 Å². The molecular formula is C12H12O3. The maximum Gasteiger partial charge on any atom is 0.384 e. The first-order valence-electron chi connectivity index (χ1n) is 4.47. The zero-order valence-electron chi connectivity index (χ0n) is 8.70. The van der Waals surface area contributed by atoms with Gasteiger partial charge in [-0.2, -0.15) is 0 Å². The molecule has 78 valence electrons. The molecule has 0 aliphatic carbocycles. The molecule has 1 aromatic carbocycles. The van der Waals surface area contributed by atoms with Crippen molar-refractivity contribution in [3.05, 3.63) is 34.9 Å². The minimum absolute atomic E-state index is 0.0105. The van der Waals surface area contributed by atoms with Crippen LogP contribution in [0.5, 0.6) is 0 Å². The summed E-state index contributed by atoms with van der Waals surface area (Å²) in [5, 5.41) is 8.96. The molecule has 0 aromatic heterocycles. The third kappa shape index (κ3) is 3.12. The van der Waals surface area contributed by atoms with E-state index in [-0.39, 0.29) is 6.61 Å². The lowest BCUT2D eigenvalue weighted by molar-refractivity contribution is -0.133. The molecule has 3 heteroatoms. The van der Waals surface area contributed by atoms with E-state index in [4.69, 9.17) is 5.11 Å². The highest BCUT2D eigenvalue weighted by atomic mass is 16.5. The summed E-state index contributed by atoms with van der Waals surface area (Å²) in [6.45, 7) is 1.89. The summed E-state index contributed by atoms with van der Waals surface area (Å²) in [5.41, 5.74) is 2.54. The Labute approximate surface area is 88.7 Å². The Morgan fingerprint density at radius 1 is 1.53 bits per heavy atom. The number of esters is 1. The van der Waals surface area contributed by atoms with Crippen LogP contribution in [-0.4, -0.2) is 18.2 Å². The van der Waals surface area contributed by atoms with E-state index < -0.39 is 5.97 Å². The molecule has 0 atom stereocenters. The van der Waals surface area contributed by atoms with Gasteiger partial charge in [-0.15, -0.1) is 0 Å². The minimum atomic E-state index is -0.557. The molecule has 0 saturated carbocycles. The second-order valence-electron chi connectivity index (χ2n) is 3.04. The molecule has 3 nitrogen and oxygen atoms in total. The average molecular weight is 204 g/mol. The predicted molar refractivity (Wildman–Crippen MR) is 56.0 cm³/mol. The number of hydrogen-bond acceptors (Lipinski definition) is 3. The molecule has 0 aliphatic rings. The van der Waals surface area contributed by atoms with Crippen molar-refractivity contribution in [2.45, 2.75) is 13.5 Å². The summed E-state index contributed by atoms with van der Waals surface area (Å²) in [7, 11) is 1.29. The van der Waals surface area contributed by atoms with E-state index in [1.807, 2.05) is 13.0 Å². The SMILES string of the molecule is COC(=O)C#Cc1ccc(CO)c(C)c1. The number of carbonyl (C=O) groups is 1. The highest BCUT2D eigenvalue weighted by Gasteiger charge is 1.97. The Morgan fingerprint density at radius 3 is 2.80 bits per heavy atom. The standard InChI is InChI=1S/C12H12O3/c1-9-7-10(3-5-11(9)8-13)4-6-12(14)15-2/h3,5,7,13H,8H2,1-2H3. The zero-order chi connectivity index (χ0) is 11.3. The minimum Gasteiger partial charge on any atom is -0.459 e. The van der Waals surface area contributed by atoms with Gasteiger partial charge in [0.15, 0.2) is 0 Å². The van der Waals surface area contributed by atoms with E-state index in [2.05, 4.69) is 16.6 Å². The normalized spacial score (nSPS) is 9.00. The third-order valence-electron chi connectivity index (χ3n) is 2.01. The third-order valence-corrected chi connectivity index (χ3v) is 2.01. The van der Waals surface area contributed by atoms with Crippen LogP contribution >= 0.6 is 0 Å². The van der Waals surface area contributed by atoms with Crippen molar-refractivity contribution < 1.29 is 14.6 Å². The fraction of sp³-hybridized carbons (Fsp3) is 0.250. The summed E-state index contributed by atoms with van der Waals surface area (Å²) in [6.07, 6.45) is 0. The van der Waals surface area contributed by atoms with Crippen LogP contribution in [0.1, 0.15) is 16.7 Å². The second-order valence-corrected chi connectivity index (χ2v) is 3.04. The van der Waals surface area contributed by atoms with Crippen molar-refractivity contribution in [3.8, 4) is 11.8 Å². The van der Waals surface area contributed by atoms with E-state index in [0.29, 0.717) is 0 Å². The molecule has 1 aromatic rings.